The molecule has 2 heterocycles. The molecular formula is C20H20ClN3O2. The Morgan fingerprint density at radius 3 is 2.65 bits per heavy atom. The number of halogens is 1. The third kappa shape index (κ3) is 3.38. The molecule has 4 rings (SSSR count). The van der Waals surface area contributed by atoms with Gasteiger partial charge in [0.25, 0.3) is 5.56 Å². The number of fused-ring (bicyclic) bond motifs is 1. The zero-order valence-electron chi connectivity index (χ0n) is 14.6. The summed E-state index contributed by atoms with van der Waals surface area (Å²) in [5, 5.41) is 6.84. The Bertz CT molecular complexity index is 985. The van der Waals surface area contributed by atoms with Crippen molar-refractivity contribution in [2.24, 2.45) is 0 Å². The summed E-state index contributed by atoms with van der Waals surface area (Å²) in [6.45, 7) is 4.49. The summed E-state index contributed by atoms with van der Waals surface area (Å²) < 4.78 is 7.46. The second-order valence-electron chi connectivity index (χ2n) is 6.57. The van der Waals surface area contributed by atoms with Crippen molar-refractivity contribution >= 4 is 22.4 Å². The second kappa shape index (κ2) is 7.19. The average molecular weight is 370 g/mol. The fraction of sp³-hybridized carbons (Fsp3) is 0.300. The summed E-state index contributed by atoms with van der Waals surface area (Å²) in [5.41, 5.74) is 1.90. The van der Waals surface area contributed by atoms with Crippen LogP contribution in [0.15, 0.2) is 53.3 Å². The van der Waals surface area contributed by atoms with Crippen LogP contribution in [0.1, 0.15) is 17.4 Å². The Balaban J connectivity index is 1.57. The van der Waals surface area contributed by atoms with Crippen LogP contribution >= 0.6 is 11.6 Å². The van der Waals surface area contributed by atoms with Crippen molar-refractivity contribution in [1.82, 2.24) is 14.7 Å². The summed E-state index contributed by atoms with van der Waals surface area (Å²) in [5.74, 6) is 0. The number of hydrogen-bond acceptors (Lipinski definition) is 4. The Morgan fingerprint density at radius 2 is 1.88 bits per heavy atom. The Labute approximate surface area is 156 Å². The summed E-state index contributed by atoms with van der Waals surface area (Å²) >= 11 is 5.97. The van der Waals surface area contributed by atoms with Crippen molar-refractivity contribution in [3.63, 3.8) is 0 Å². The minimum atomic E-state index is -0.0549. The first kappa shape index (κ1) is 17.2. The average Bonchev–Trinajstić information content (AvgIpc) is 2.67. The fourth-order valence-corrected chi connectivity index (χ4v) is 3.53. The number of benzene rings is 2. The minimum Gasteiger partial charge on any atom is -0.371 e. The molecule has 0 spiro atoms. The zero-order valence-corrected chi connectivity index (χ0v) is 15.3. The third-order valence-corrected chi connectivity index (χ3v) is 5.03. The van der Waals surface area contributed by atoms with Gasteiger partial charge in [-0.1, -0.05) is 41.9 Å². The highest BCUT2D eigenvalue weighted by atomic mass is 35.5. The van der Waals surface area contributed by atoms with Crippen LogP contribution in [0.25, 0.3) is 10.8 Å². The van der Waals surface area contributed by atoms with Gasteiger partial charge in [-0.05, 0) is 30.7 Å². The van der Waals surface area contributed by atoms with E-state index in [1.807, 2.05) is 55.5 Å². The maximum atomic E-state index is 12.8. The van der Waals surface area contributed by atoms with E-state index in [0.29, 0.717) is 30.2 Å². The molecule has 0 N–H and O–H groups in total. The van der Waals surface area contributed by atoms with Gasteiger partial charge >= 0.3 is 0 Å². The number of nitrogens with zero attached hydrogens (tertiary/aromatic N) is 3. The van der Waals surface area contributed by atoms with Crippen LogP contribution in [-0.2, 0) is 11.4 Å². The van der Waals surface area contributed by atoms with Crippen molar-refractivity contribution < 1.29 is 4.74 Å². The SMILES string of the molecule is Cc1nn(CN2CCOC(c3ccc(Cl)cc3)C2)c(=O)c2ccccc12. The number of morpholine rings is 1. The molecule has 1 aromatic heterocycles. The normalized spacial score (nSPS) is 18.3. The highest BCUT2D eigenvalue weighted by Crippen LogP contribution is 2.24. The van der Waals surface area contributed by atoms with Crippen LogP contribution in [-0.4, -0.2) is 34.4 Å². The Hall–Kier alpha value is -2.21. The van der Waals surface area contributed by atoms with Gasteiger partial charge in [0.15, 0.2) is 0 Å². The van der Waals surface area contributed by atoms with E-state index in [1.165, 1.54) is 0 Å². The molecule has 1 saturated heterocycles. The maximum absolute atomic E-state index is 12.8. The van der Waals surface area contributed by atoms with Gasteiger partial charge in [0.2, 0.25) is 0 Å². The molecule has 6 heteroatoms. The smallest absolute Gasteiger partial charge is 0.275 e. The Morgan fingerprint density at radius 1 is 1.15 bits per heavy atom. The highest BCUT2D eigenvalue weighted by Gasteiger charge is 2.23. The van der Waals surface area contributed by atoms with Gasteiger partial charge in [-0.3, -0.25) is 9.69 Å². The van der Waals surface area contributed by atoms with Gasteiger partial charge in [-0.2, -0.15) is 5.10 Å². The lowest BCUT2D eigenvalue weighted by atomic mass is 10.1. The molecule has 26 heavy (non-hydrogen) atoms. The van der Waals surface area contributed by atoms with E-state index in [2.05, 4.69) is 10.00 Å². The lowest BCUT2D eigenvalue weighted by Gasteiger charge is -2.33. The van der Waals surface area contributed by atoms with Crippen molar-refractivity contribution in [2.45, 2.75) is 19.7 Å². The highest BCUT2D eigenvalue weighted by molar-refractivity contribution is 6.30. The van der Waals surface area contributed by atoms with E-state index >= 15 is 0 Å². The van der Waals surface area contributed by atoms with Crippen LogP contribution in [0, 0.1) is 6.92 Å². The topological polar surface area (TPSA) is 47.4 Å². The monoisotopic (exact) mass is 369 g/mol. The van der Waals surface area contributed by atoms with Gasteiger partial charge in [0.1, 0.15) is 0 Å². The molecule has 1 unspecified atom stereocenters. The molecule has 134 valence electrons. The molecule has 0 saturated carbocycles. The second-order valence-corrected chi connectivity index (χ2v) is 7.00. The quantitative estimate of drug-likeness (QED) is 0.710. The number of hydrogen-bond donors (Lipinski definition) is 0. The number of aromatic nitrogens is 2. The molecule has 0 aliphatic carbocycles. The summed E-state index contributed by atoms with van der Waals surface area (Å²) in [6.07, 6.45) is -0.0294. The van der Waals surface area contributed by atoms with Crippen molar-refractivity contribution in [3.8, 4) is 0 Å². The van der Waals surface area contributed by atoms with E-state index in [-0.39, 0.29) is 11.7 Å². The largest absolute Gasteiger partial charge is 0.371 e. The van der Waals surface area contributed by atoms with Gasteiger partial charge in [0, 0.05) is 23.5 Å². The standard InChI is InChI=1S/C20H20ClN3O2/c1-14-17-4-2-3-5-18(17)20(25)24(22-14)13-23-10-11-26-19(12-23)15-6-8-16(21)9-7-15/h2-9,19H,10-13H2,1H3. The molecule has 0 radical (unpaired) electrons. The lowest BCUT2D eigenvalue weighted by molar-refractivity contribution is -0.0421. The van der Waals surface area contributed by atoms with Crippen LogP contribution < -0.4 is 5.56 Å². The summed E-state index contributed by atoms with van der Waals surface area (Å²) in [4.78, 5) is 15.0. The van der Waals surface area contributed by atoms with E-state index in [0.717, 1.165) is 23.2 Å². The molecule has 1 aliphatic rings. The predicted octanol–water partition coefficient (Wildman–Crippen LogP) is 3.39. The molecule has 3 aromatic rings. The Kier molecular flexibility index (Phi) is 4.76. The van der Waals surface area contributed by atoms with Crippen LogP contribution in [0.3, 0.4) is 0 Å². The van der Waals surface area contributed by atoms with E-state index in [1.54, 1.807) is 4.68 Å². The van der Waals surface area contributed by atoms with Crippen LogP contribution in [0.2, 0.25) is 5.02 Å². The maximum Gasteiger partial charge on any atom is 0.275 e. The van der Waals surface area contributed by atoms with E-state index < -0.39 is 0 Å². The fourth-order valence-electron chi connectivity index (χ4n) is 3.40. The van der Waals surface area contributed by atoms with Gasteiger partial charge in [0.05, 0.1) is 30.5 Å². The van der Waals surface area contributed by atoms with E-state index in [4.69, 9.17) is 16.3 Å². The molecule has 1 fully saturated rings. The first-order valence-electron chi connectivity index (χ1n) is 8.68. The van der Waals surface area contributed by atoms with Crippen LogP contribution in [0.5, 0.6) is 0 Å². The lowest BCUT2D eigenvalue weighted by Crippen LogP contribution is -2.42. The molecular weight excluding hydrogens is 350 g/mol. The molecule has 5 nitrogen and oxygen atoms in total. The predicted molar refractivity (Wildman–Crippen MR) is 102 cm³/mol. The number of aryl methyl sites for hydroxylation is 1. The molecule has 1 atom stereocenters. The van der Waals surface area contributed by atoms with Crippen molar-refractivity contribution in [1.29, 1.82) is 0 Å². The molecule has 1 aliphatic heterocycles. The number of rotatable bonds is 3. The van der Waals surface area contributed by atoms with Gasteiger partial charge in [-0.25, -0.2) is 4.68 Å². The minimum absolute atomic E-state index is 0.0294. The molecule has 0 amide bonds. The summed E-state index contributed by atoms with van der Waals surface area (Å²) in [6, 6.07) is 15.3. The van der Waals surface area contributed by atoms with Gasteiger partial charge in [-0.15, -0.1) is 0 Å². The zero-order chi connectivity index (χ0) is 18.1. The van der Waals surface area contributed by atoms with Crippen LogP contribution in [0.4, 0.5) is 0 Å². The first-order valence-corrected chi connectivity index (χ1v) is 9.05. The van der Waals surface area contributed by atoms with E-state index in [9.17, 15) is 4.79 Å². The molecule has 2 aromatic carbocycles. The van der Waals surface area contributed by atoms with Crippen molar-refractivity contribution in [2.75, 3.05) is 19.7 Å². The first-order chi connectivity index (χ1) is 12.6. The van der Waals surface area contributed by atoms with Crippen molar-refractivity contribution in [3.05, 3.63) is 75.2 Å². The van der Waals surface area contributed by atoms with Gasteiger partial charge < -0.3 is 4.74 Å². The summed E-state index contributed by atoms with van der Waals surface area (Å²) in [7, 11) is 0. The third-order valence-electron chi connectivity index (χ3n) is 4.78. The molecule has 0 bridgehead atoms. The number of ether oxygens (including phenoxy) is 1.